The molecule has 1 amide bonds. The SMILES string of the molecule is O=C(CSC1=NCCN1)NC(c1ccc(F)cc1)c1cccs1. The lowest BCUT2D eigenvalue weighted by Crippen LogP contribution is -2.31. The highest BCUT2D eigenvalue weighted by molar-refractivity contribution is 8.14. The van der Waals surface area contributed by atoms with E-state index in [1.807, 2.05) is 17.5 Å². The second-order valence-corrected chi connectivity index (χ2v) is 6.91. The van der Waals surface area contributed by atoms with E-state index in [4.69, 9.17) is 0 Å². The Morgan fingerprint density at radius 3 is 2.87 bits per heavy atom. The second-order valence-electron chi connectivity index (χ2n) is 4.97. The lowest BCUT2D eigenvalue weighted by Gasteiger charge is -2.18. The summed E-state index contributed by atoms with van der Waals surface area (Å²) >= 11 is 2.96. The van der Waals surface area contributed by atoms with E-state index in [-0.39, 0.29) is 17.8 Å². The second kappa shape index (κ2) is 7.61. The van der Waals surface area contributed by atoms with E-state index in [2.05, 4.69) is 15.6 Å². The molecule has 0 bridgehead atoms. The fourth-order valence-corrected chi connectivity index (χ4v) is 3.78. The fourth-order valence-electron chi connectivity index (χ4n) is 2.24. The number of nitrogens with one attached hydrogen (secondary N) is 2. The zero-order valence-electron chi connectivity index (χ0n) is 12.3. The van der Waals surface area contributed by atoms with E-state index >= 15 is 0 Å². The van der Waals surface area contributed by atoms with Gasteiger partial charge in [-0.2, -0.15) is 0 Å². The van der Waals surface area contributed by atoms with Gasteiger partial charge in [0.25, 0.3) is 0 Å². The smallest absolute Gasteiger partial charge is 0.231 e. The largest absolute Gasteiger partial charge is 0.363 e. The van der Waals surface area contributed by atoms with Crippen LogP contribution in [0.5, 0.6) is 0 Å². The number of benzene rings is 1. The van der Waals surface area contributed by atoms with Gasteiger partial charge < -0.3 is 10.6 Å². The van der Waals surface area contributed by atoms with Gasteiger partial charge >= 0.3 is 0 Å². The maximum absolute atomic E-state index is 13.1. The molecule has 120 valence electrons. The predicted molar refractivity (Wildman–Crippen MR) is 93.5 cm³/mol. The van der Waals surface area contributed by atoms with Crippen LogP contribution in [0, 0.1) is 5.82 Å². The van der Waals surface area contributed by atoms with Crippen LogP contribution >= 0.6 is 23.1 Å². The van der Waals surface area contributed by atoms with Crippen molar-refractivity contribution in [3.63, 3.8) is 0 Å². The number of rotatable bonds is 5. The normalized spacial score (nSPS) is 14.9. The Labute approximate surface area is 142 Å². The van der Waals surface area contributed by atoms with E-state index in [1.165, 1.54) is 23.9 Å². The molecule has 2 N–H and O–H groups in total. The number of hydrogen-bond acceptors (Lipinski definition) is 5. The van der Waals surface area contributed by atoms with Gasteiger partial charge in [0.2, 0.25) is 5.91 Å². The molecule has 1 atom stereocenters. The summed E-state index contributed by atoms with van der Waals surface area (Å²) in [6.07, 6.45) is 0. The standard InChI is InChI=1S/C16H16FN3OS2/c17-12-5-3-11(4-6-12)15(13-2-1-9-22-13)20-14(21)10-23-16-18-7-8-19-16/h1-6,9,15H,7-8,10H2,(H,18,19)(H,20,21). The molecule has 0 radical (unpaired) electrons. The molecule has 1 aromatic heterocycles. The minimum absolute atomic E-state index is 0.0749. The summed E-state index contributed by atoms with van der Waals surface area (Å²) < 4.78 is 13.1. The fraction of sp³-hybridized carbons (Fsp3) is 0.250. The molecular weight excluding hydrogens is 333 g/mol. The number of nitrogens with zero attached hydrogens (tertiary/aromatic N) is 1. The first-order valence-electron chi connectivity index (χ1n) is 7.22. The maximum atomic E-state index is 13.1. The van der Waals surface area contributed by atoms with Crippen molar-refractivity contribution in [2.75, 3.05) is 18.8 Å². The number of halogens is 1. The molecule has 0 fully saturated rings. The van der Waals surface area contributed by atoms with Crippen LogP contribution in [0.3, 0.4) is 0 Å². The van der Waals surface area contributed by atoms with E-state index in [1.54, 1.807) is 23.5 Å². The molecule has 0 spiro atoms. The van der Waals surface area contributed by atoms with Crippen LogP contribution in [-0.2, 0) is 4.79 Å². The van der Waals surface area contributed by atoms with Gasteiger partial charge in [0, 0.05) is 11.4 Å². The molecule has 23 heavy (non-hydrogen) atoms. The average Bonchev–Trinajstić information content (AvgIpc) is 3.25. The molecule has 0 saturated heterocycles. The van der Waals surface area contributed by atoms with Gasteiger partial charge in [-0.25, -0.2) is 4.39 Å². The highest BCUT2D eigenvalue weighted by atomic mass is 32.2. The van der Waals surface area contributed by atoms with E-state index in [9.17, 15) is 9.18 Å². The summed E-state index contributed by atoms with van der Waals surface area (Å²) in [5.74, 6) is -0.0606. The van der Waals surface area contributed by atoms with E-state index < -0.39 is 0 Å². The summed E-state index contributed by atoms with van der Waals surface area (Å²) in [4.78, 5) is 17.5. The van der Waals surface area contributed by atoms with Gasteiger partial charge in [-0.05, 0) is 29.1 Å². The van der Waals surface area contributed by atoms with Crippen LogP contribution in [0.1, 0.15) is 16.5 Å². The third-order valence-corrected chi connectivity index (χ3v) is 5.21. The molecule has 1 aliphatic heterocycles. The molecule has 3 rings (SSSR count). The summed E-state index contributed by atoms with van der Waals surface area (Å²) in [5.41, 5.74) is 0.864. The van der Waals surface area contributed by atoms with Crippen molar-refractivity contribution in [2.24, 2.45) is 4.99 Å². The van der Waals surface area contributed by atoms with Crippen LogP contribution in [0.15, 0.2) is 46.8 Å². The molecule has 2 aromatic rings. The minimum atomic E-state index is -0.286. The Bertz CT molecular complexity index is 686. The number of amidine groups is 1. The maximum Gasteiger partial charge on any atom is 0.231 e. The summed E-state index contributed by atoms with van der Waals surface area (Å²) in [6.45, 7) is 1.59. The van der Waals surface area contributed by atoms with Crippen LogP contribution in [0.2, 0.25) is 0 Å². The zero-order valence-corrected chi connectivity index (χ0v) is 13.9. The molecule has 7 heteroatoms. The molecule has 0 aliphatic carbocycles. The third kappa shape index (κ3) is 4.33. The zero-order chi connectivity index (χ0) is 16.1. The Hall–Kier alpha value is -1.86. The highest BCUT2D eigenvalue weighted by Gasteiger charge is 2.18. The van der Waals surface area contributed by atoms with Crippen molar-refractivity contribution >= 4 is 34.2 Å². The molecular formula is C16H16FN3OS2. The third-order valence-electron chi connectivity index (χ3n) is 3.32. The van der Waals surface area contributed by atoms with Gasteiger partial charge in [-0.1, -0.05) is 30.0 Å². The summed E-state index contributed by atoms with van der Waals surface area (Å²) in [6, 6.07) is 9.87. The minimum Gasteiger partial charge on any atom is -0.363 e. The van der Waals surface area contributed by atoms with Crippen molar-refractivity contribution in [3.05, 3.63) is 58.0 Å². The monoisotopic (exact) mass is 349 g/mol. The van der Waals surface area contributed by atoms with Gasteiger partial charge in [0.1, 0.15) is 5.82 Å². The van der Waals surface area contributed by atoms with Crippen LogP contribution in [0.4, 0.5) is 4.39 Å². The van der Waals surface area contributed by atoms with Crippen molar-refractivity contribution < 1.29 is 9.18 Å². The molecule has 1 unspecified atom stereocenters. The number of carbonyl (C=O) groups is 1. The topological polar surface area (TPSA) is 53.5 Å². The first-order valence-corrected chi connectivity index (χ1v) is 9.08. The van der Waals surface area contributed by atoms with E-state index in [0.29, 0.717) is 5.75 Å². The van der Waals surface area contributed by atoms with Gasteiger partial charge in [-0.3, -0.25) is 9.79 Å². The first kappa shape index (κ1) is 16.0. The first-order chi connectivity index (χ1) is 11.2. The van der Waals surface area contributed by atoms with Crippen molar-refractivity contribution in [1.29, 1.82) is 0 Å². The Balaban J connectivity index is 1.68. The predicted octanol–water partition coefficient (Wildman–Crippen LogP) is 2.79. The number of thiophene rings is 1. The molecule has 4 nitrogen and oxygen atoms in total. The van der Waals surface area contributed by atoms with Crippen LogP contribution in [-0.4, -0.2) is 29.9 Å². The van der Waals surface area contributed by atoms with Crippen LogP contribution < -0.4 is 10.6 Å². The van der Waals surface area contributed by atoms with Gasteiger partial charge in [0.15, 0.2) is 5.17 Å². The number of aliphatic imine (C=N–C) groups is 1. The quantitative estimate of drug-likeness (QED) is 0.873. The number of hydrogen-bond donors (Lipinski definition) is 2. The summed E-state index contributed by atoms with van der Waals surface area (Å²) in [7, 11) is 0. The number of thioether (sulfide) groups is 1. The van der Waals surface area contributed by atoms with Crippen molar-refractivity contribution in [3.8, 4) is 0 Å². The molecule has 1 aliphatic rings. The van der Waals surface area contributed by atoms with Crippen LogP contribution in [0.25, 0.3) is 0 Å². The Kier molecular flexibility index (Phi) is 5.30. The number of carbonyl (C=O) groups excluding carboxylic acids is 1. The number of amides is 1. The van der Waals surface area contributed by atoms with Gasteiger partial charge in [-0.15, -0.1) is 11.3 Å². The molecule has 1 aromatic carbocycles. The van der Waals surface area contributed by atoms with Crippen molar-refractivity contribution in [1.82, 2.24) is 10.6 Å². The molecule has 2 heterocycles. The van der Waals surface area contributed by atoms with Crippen molar-refractivity contribution in [2.45, 2.75) is 6.04 Å². The average molecular weight is 349 g/mol. The lowest BCUT2D eigenvalue weighted by molar-refractivity contribution is -0.119. The summed E-state index contributed by atoms with van der Waals surface area (Å²) in [5, 5.41) is 8.93. The van der Waals surface area contributed by atoms with Gasteiger partial charge in [0.05, 0.1) is 18.3 Å². The molecule has 0 saturated carbocycles. The highest BCUT2D eigenvalue weighted by Crippen LogP contribution is 2.26. The Morgan fingerprint density at radius 1 is 1.39 bits per heavy atom. The Morgan fingerprint density at radius 2 is 2.22 bits per heavy atom. The van der Waals surface area contributed by atoms with E-state index in [0.717, 1.165) is 28.7 Å². The lowest BCUT2D eigenvalue weighted by atomic mass is 10.1.